The van der Waals surface area contributed by atoms with Crippen molar-refractivity contribution in [2.75, 3.05) is 0 Å². The van der Waals surface area contributed by atoms with Crippen molar-refractivity contribution in [3.63, 3.8) is 0 Å². The van der Waals surface area contributed by atoms with E-state index in [1.54, 1.807) is 0 Å². The minimum atomic E-state index is -1.02. The molecule has 1 N–H and O–H groups in total. The molecule has 4 rings (SSSR count). The van der Waals surface area contributed by atoms with Crippen molar-refractivity contribution in [1.29, 1.82) is 0 Å². The highest BCUT2D eigenvalue weighted by molar-refractivity contribution is 5.96. The minimum Gasteiger partial charge on any atom is -0.462 e. The van der Waals surface area contributed by atoms with Gasteiger partial charge in [0.1, 0.15) is 11.8 Å². The maximum Gasteiger partial charge on any atom is 0.303 e. The van der Waals surface area contributed by atoms with Crippen molar-refractivity contribution in [2.45, 2.75) is 131 Å². The first-order valence-electron chi connectivity index (χ1n) is 15.0. The molecule has 6 heteroatoms. The van der Waals surface area contributed by atoms with Gasteiger partial charge in [0.05, 0.1) is 0 Å². The fourth-order valence-corrected chi connectivity index (χ4v) is 9.95. The second-order valence-corrected chi connectivity index (χ2v) is 14.0. The van der Waals surface area contributed by atoms with Crippen molar-refractivity contribution < 1.29 is 24.3 Å². The molecular weight excluding hydrogens is 466 g/mol. The molecule has 4 aliphatic rings. The topological polar surface area (TPSA) is 85.2 Å². The van der Waals surface area contributed by atoms with Crippen LogP contribution < -0.4 is 0 Å². The van der Waals surface area contributed by atoms with E-state index in [1.165, 1.54) is 52.4 Å². The Morgan fingerprint density at radius 2 is 1.73 bits per heavy atom. The normalized spacial score (nSPS) is 43.0. The van der Waals surface area contributed by atoms with E-state index >= 15 is 0 Å². The average Bonchev–Trinajstić information content (AvgIpc) is 3.15. The summed E-state index contributed by atoms with van der Waals surface area (Å²) in [6, 6.07) is 0. The predicted molar refractivity (Wildman–Crippen MR) is 144 cm³/mol. The zero-order chi connectivity index (χ0) is 27.2. The van der Waals surface area contributed by atoms with Crippen LogP contribution in [0.1, 0.15) is 119 Å². The third-order valence-corrected chi connectivity index (χ3v) is 11.5. The highest BCUT2D eigenvalue weighted by atomic mass is 16.6. The van der Waals surface area contributed by atoms with Crippen LogP contribution in [0.4, 0.5) is 0 Å². The molecule has 4 saturated carbocycles. The lowest BCUT2D eigenvalue weighted by atomic mass is 9.42. The molecule has 0 spiro atoms. The molecule has 0 bridgehead atoms. The number of esters is 2. The van der Waals surface area contributed by atoms with Gasteiger partial charge >= 0.3 is 11.9 Å². The summed E-state index contributed by atoms with van der Waals surface area (Å²) in [5.74, 6) is 2.96. The Morgan fingerprint density at radius 1 is 1.00 bits per heavy atom. The number of carbonyl (C=O) groups is 2. The van der Waals surface area contributed by atoms with Crippen LogP contribution in [0.15, 0.2) is 5.16 Å². The van der Waals surface area contributed by atoms with Gasteiger partial charge in [-0.2, -0.15) is 0 Å². The standard InChI is InChI=1S/C31H51NO5/c1-19(2)9-8-10-20(3)25-11-12-26-24-17-28(32-35)31(37-22(5)34)18-23(36-21(4)33)13-16-30(31,7)27(24)14-15-29(25,26)6/h19-20,23-27,35H,8-18H2,1-7H3/b32-28+/t20-,23-,24+,25+,26+,27+,29+,30+,31-/m0/s1. The minimum absolute atomic E-state index is 0.311. The van der Waals surface area contributed by atoms with Crippen molar-refractivity contribution in [1.82, 2.24) is 0 Å². The highest BCUT2D eigenvalue weighted by Crippen LogP contribution is 2.69. The molecule has 0 amide bonds. The molecule has 6 nitrogen and oxygen atoms in total. The van der Waals surface area contributed by atoms with Crippen LogP contribution in [-0.4, -0.2) is 34.6 Å². The van der Waals surface area contributed by atoms with Gasteiger partial charge in [-0.15, -0.1) is 0 Å². The van der Waals surface area contributed by atoms with E-state index < -0.39 is 5.60 Å². The summed E-state index contributed by atoms with van der Waals surface area (Å²) >= 11 is 0. The second kappa shape index (κ2) is 10.5. The van der Waals surface area contributed by atoms with Gasteiger partial charge in [-0.3, -0.25) is 9.59 Å². The van der Waals surface area contributed by atoms with Crippen LogP contribution in [0.3, 0.4) is 0 Å². The lowest BCUT2D eigenvalue weighted by Gasteiger charge is -2.64. The van der Waals surface area contributed by atoms with E-state index in [4.69, 9.17) is 9.47 Å². The van der Waals surface area contributed by atoms with Gasteiger partial charge in [0.25, 0.3) is 0 Å². The monoisotopic (exact) mass is 517 g/mol. The van der Waals surface area contributed by atoms with Gasteiger partial charge in [-0.05, 0) is 85.9 Å². The Morgan fingerprint density at radius 3 is 2.35 bits per heavy atom. The van der Waals surface area contributed by atoms with Crippen molar-refractivity contribution >= 4 is 17.7 Å². The molecule has 0 heterocycles. The number of fused-ring (bicyclic) bond motifs is 5. The Hall–Kier alpha value is -1.59. The number of rotatable bonds is 7. The lowest BCUT2D eigenvalue weighted by molar-refractivity contribution is -0.204. The first-order chi connectivity index (χ1) is 17.4. The maximum absolute atomic E-state index is 12.5. The summed E-state index contributed by atoms with van der Waals surface area (Å²) in [4.78, 5) is 24.3. The van der Waals surface area contributed by atoms with Crippen molar-refractivity contribution in [3.8, 4) is 0 Å². The fraction of sp³-hybridized carbons (Fsp3) is 0.903. The smallest absolute Gasteiger partial charge is 0.303 e. The van der Waals surface area contributed by atoms with Crippen LogP contribution in [0.5, 0.6) is 0 Å². The maximum atomic E-state index is 12.5. The summed E-state index contributed by atoms with van der Waals surface area (Å²) in [5.41, 5.74) is -0.474. The Labute approximate surface area is 224 Å². The van der Waals surface area contributed by atoms with Gasteiger partial charge in [-0.25, -0.2) is 0 Å². The van der Waals surface area contributed by atoms with E-state index in [1.807, 2.05) is 0 Å². The first kappa shape index (κ1) is 28.4. The van der Waals surface area contributed by atoms with Gasteiger partial charge in [0.2, 0.25) is 0 Å². The van der Waals surface area contributed by atoms with Gasteiger partial charge < -0.3 is 14.7 Å². The second-order valence-electron chi connectivity index (χ2n) is 14.0. The van der Waals surface area contributed by atoms with Crippen molar-refractivity contribution in [3.05, 3.63) is 0 Å². The molecule has 210 valence electrons. The van der Waals surface area contributed by atoms with E-state index in [2.05, 4.69) is 39.8 Å². The fourth-order valence-electron chi connectivity index (χ4n) is 9.95. The van der Waals surface area contributed by atoms with Crippen molar-refractivity contribution in [2.24, 2.45) is 51.5 Å². The molecule has 9 atom stereocenters. The summed E-state index contributed by atoms with van der Waals surface area (Å²) in [6.07, 6.45) is 11.0. The predicted octanol–water partition coefficient (Wildman–Crippen LogP) is 7.17. The number of ether oxygens (including phenoxy) is 2. The molecule has 0 aromatic rings. The van der Waals surface area contributed by atoms with E-state index in [-0.39, 0.29) is 23.5 Å². The van der Waals surface area contributed by atoms with Gasteiger partial charge in [-0.1, -0.05) is 59.0 Å². The Kier molecular flexibility index (Phi) is 8.08. The molecule has 0 radical (unpaired) electrons. The summed E-state index contributed by atoms with van der Waals surface area (Å²) in [7, 11) is 0. The Bertz CT molecular complexity index is 900. The van der Waals surface area contributed by atoms with Crippen LogP contribution in [0.25, 0.3) is 0 Å². The van der Waals surface area contributed by atoms with Crippen LogP contribution >= 0.6 is 0 Å². The van der Waals surface area contributed by atoms with E-state index in [0.717, 1.165) is 37.0 Å². The van der Waals surface area contributed by atoms with Crippen LogP contribution in [0, 0.1) is 46.3 Å². The number of hydrogen-bond donors (Lipinski definition) is 1. The average molecular weight is 518 g/mol. The van der Waals surface area contributed by atoms with Gasteiger partial charge in [0, 0.05) is 25.7 Å². The van der Waals surface area contributed by atoms with Gasteiger partial charge in [0.15, 0.2) is 5.60 Å². The molecule has 37 heavy (non-hydrogen) atoms. The van der Waals surface area contributed by atoms with Crippen LogP contribution in [-0.2, 0) is 19.1 Å². The number of hydrogen-bond acceptors (Lipinski definition) is 6. The number of nitrogens with zero attached hydrogens (tertiary/aromatic N) is 1. The summed E-state index contributed by atoms with van der Waals surface area (Å²) in [6.45, 7) is 14.8. The summed E-state index contributed by atoms with van der Waals surface area (Å²) in [5, 5.41) is 14.2. The van der Waals surface area contributed by atoms with E-state index in [9.17, 15) is 14.8 Å². The molecule has 0 aromatic carbocycles. The SMILES string of the molecule is CC(=O)O[C@H]1CC[C@]2(C)[C@@H]3CC[C@@]4(C)[C@H](CC[C@@H]4[C@@H](C)CCCC(C)C)[C@H]3C/C(=N\O)[C@@]2(OC(C)=O)C1. The van der Waals surface area contributed by atoms with Crippen LogP contribution in [0.2, 0.25) is 0 Å². The number of carbonyl (C=O) groups excluding carboxylic acids is 2. The van der Waals surface area contributed by atoms with E-state index in [0.29, 0.717) is 41.7 Å². The molecule has 4 fully saturated rings. The molecule has 0 saturated heterocycles. The zero-order valence-electron chi connectivity index (χ0n) is 24.3. The number of oxime groups is 1. The third kappa shape index (κ3) is 4.84. The largest absolute Gasteiger partial charge is 0.462 e. The third-order valence-electron chi connectivity index (χ3n) is 11.5. The molecule has 0 unspecified atom stereocenters. The molecule has 0 aromatic heterocycles. The Balaban J connectivity index is 1.63. The summed E-state index contributed by atoms with van der Waals surface area (Å²) < 4.78 is 11.8. The molecule has 4 aliphatic carbocycles. The molecular formula is C31H51NO5. The highest BCUT2D eigenvalue weighted by Gasteiger charge is 2.69. The lowest BCUT2D eigenvalue weighted by Crippen LogP contribution is -2.68. The molecule has 0 aliphatic heterocycles. The zero-order valence-corrected chi connectivity index (χ0v) is 24.3. The first-order valence-corrected chi connectivity index (χ1v) is 15.0. The quantitative estimate of drug-likeness (QED) is 0.220.